The van der Waals surface area contributed by atoms with E-state index in [-0.39, 0.29) is 11.5 Å². The van der Waals surface area contributed by atoms with Crippen molar-refractivity contribution in [3.05, 3.63) is 88.0 Å². The summed E-state index contributed by atoms with van der Waals surface area (Å²) in [7, 11) is 0. The smallest absolute Gasteiger partial charge is 0.410 e. The number of ether oxygens (including phenoxy) is 2. The van der Waals surface area contributed by atoms with Gasteiger partial charge >= 0.3 is 6.09 Å². The second kappa shape index (κ2) is 16.1. The van der Waals surface area contributed by atoms with Crippen molar-refractivity contribution in [3.8, 4) is 5.75 Å². The van der Waals surface area contributed by atoms with Crippen LogP contribution in [0.25, 0.3) is 4.85 Å². The van der Waals surface area contributed by atoms with Crippen molar-refractivity contribution in [3.63, 3.8) is 0 Å². The van der Waals surface area contributed by atoms with Crippen LogP contribution in [0, 0.1) is 24.3 Å². The Morgan fingerprint density at radius 1 is 0.889 bits per heavy atom. The van der Waals surface area contributed by atoms with Crippen molar-refractivity contribution < 1.29 is 14.3 Å². The number of benzene rings is 2. The van der Waals surface area contributed by atoms with Gasteiger partial charge in [0, 0.05) is 68.5 Å². The van der Waals surface area contributed by atoms with Crippen molar-refractivity contribution in [2.45, 2.75) is 84.0 Å². The molecule has 4 fully saturated rings. The first-order valence-corrected chi connectivity index (χ1v) is 20.1. The van der Waals surface area contributed by atoms with Gasteiger partial charge in [-0.15, -0.1) is 0 Å². The Hall–Kier alpha value is -3.91. The highest BCUT2D eigenvalue weighted by molar-refractivity contribution is 6.31. The van der Waals surface area contributed by atoms with Crippen molar-refractivity contribution in [2.75, 3.05) is 63.8 Å². The zero-order valence-corrected chi connectivity index (χ0v) is 33.4. The van der Waals surface area contributed by atoms with Crippen LogP contribution in [0.15, 0.2) is 54.7 Å². The molecule has 0 aliphatic carbocycles. The third kappa shape index (κ3) is 9.13. The summed E-state index contributed by atoms with van der Waals surface area (Å²) in [5.41, 5.74) is 2.78. The summed E-state index contributed by atoms with van der Waals surface area (Å²) in [4.78, 5) is 35.3. The molecule has 10 nitrogen and oxygen atoms in total. The van der Waals surface area contributed by atoms with E-state index in [2.05, 4.69) is 50.5 Å². The van der Waals surface area contributed by atoms with Crippen molar-refractivity contribution >= 4 is 29.3 Å². The minimum atomic E-state index is -0.440. The van der Waals surface area contributed by atoms with Gasteiger partial charge < -0.3 is 24.2 Å². The molecule has 1 amide bonds. The number of aromatic nitrogens is 2. The van der Waals surface area contributed by atoms with Crippen LogP contribution in [-0.4, -0.2) is 101 Å². The van der Waals surface area contributed by atoms with E-state index in [1.54, 1.807) is 6.07 Å². The van der Waals surface area contributed by atoms with Crippen molar-refractivity contribution in [2.24, 2.45) is 17.8 Å². The summed E-state index contributed by atoms with van der Waals surface area (Å²) < 4.78 is 11.8. The van der Waals surface area contributed by atoms with Gasteiger partial charge in [-0.25, -0.2) is 19.6 Å². The standard InChI is InChI=1S/C43H56ClN7O3/c1-42(2,3)54-41(52)49-19-12-30(13-20-49)24-48-17-14-38(15-18-48)50-25-31-27-51(28-32(31)26-50)40-46-16-11-36(47-40)29-53-39-9-7-33(8-10-39)43(4,5)34-21-35(44)23-37(22-34)45-6/h7-11,16,21-23,30-32,38H,12-15,17-20,24-29H2,1-5H3. The summed E-state index contributed by atoms with van der Waals surface area (Å²) >= 11 is 6.32. The number of carbonyl (C=O) groups is 1. The number of carbonyl (C=O) groups excluding carboxylic acids is 1. The van der Waals surface area contributed by atoms with Crippen LogP contribution in [0.1, 0.15) is 77.1 Å². The molecular formula is C43H56ClN7O3. The van der Waals surface area contributed by atoms with Crippen LogP contribution in [0.3, 0.4) is 0 Å². The first kappa shape index (κ1) is 38.4. The Balaban J connectivity index is 0.839. The third-order valence-corrected chi connectivity index (χ3v) is 12.3. The van der Waals surface area contributed by atoms with E-state index in [1.165, 1.54) is 39.0 Å². The van der Waals surface area contributed by atoms with Gasteiger partial charge in [-0.2, -0.15) is 0 Å². The van der Waals surface area contributed by atoms with Crippen molar-refractivity contribution in [1.82, 2.24) is 24.7 Å². The summed E-state index contributed by atoms with van der Waals surface area (Å²) in [5, 5.41) is 0.574. The number of amides is 1. The molecule has 0 N–H and O–H groups in total. The molecule has 0 saturated carbocycles. The molecule has 288 valence electrons. The number of hydrogen-bond donors (Lipinski definition) is 0. The molecule has 2 unspecified atom stereocenters. The lowest BCUT2D eigenvalue weighted by Crippen LogP contribution is -2.47. The number of rotatable bonds is 9. The van der Waals surface area contributed by atoms with Crippen LogP contribution in [0.4, 0.5) is 16.4 Å². The van der Waals surface area contributed by atoms with Gasteiger partial charge in [-0.1, -0.05) is 43.6 Å². The highest BCUT2D eigenvalue weighted by Gasteiger charge is 2.43. The predicted molar refractivity (Wildman–Crippen MR) is 213 cm³/mol. The van der Waals surface area contributed by atoms with E-state index in [0.717, 1.165) is 74.1 Å². The van der Waals surface area contributed by atoms with Gasteiger partial charge in [0.1, 0.15) is 18.0 Å². The Labute approximate surface area is 326 Å². The van der Waals surface area contributed by atoms with E-state index in [1.807, 2.05) is 62.2 Å². The Bertz CT molecular complexity index is 1790. The molecule has 4 saturated heterocycles. The van der Waals surface area contributed by atoms with E-state index in [0.29, 0.717) is 41.1 Å². The molecule has 11 heteroatoms. The molecule has 0 bridgehead atoms. The number of anilines is 1. The van der Waals surface area contributed by atoms with Crippen LogP contribution >= 0.6 is 11.6 Å². The zero-order valence-electron chi connectivity index (χ0n) is 32.6. The van der Waals surface area contributed by atoms with Gasteiger partial charge in [0.2, 0.25) is 5.95 Å². The molecule has 0 radical (unpaired) electrons. The van der Waals surface area contributed by atoms with Gasteiger partial charge in [0.05, 0.1) is 12.3 Å². The predicted octanol–water partition coefficient (Wildman–Crippen LogP) is 8.07. The Morgan fingerprint density at radius 2 is 1.57 bits per heavy atom. The molecule has 54 heavy (non-hydrogen) atoms. The molecule has 4 aliphatic rings. The lowest BCUT2D eigenvalue weighted by Gasteiger charge is -2.40. The molecule has 5 heterocycles. The minimum Gasteiger partial charge on any atom is -0.487 e. The van der Waals surface area contributed by atoms with E-state index < -0.39 is 5.60 Å². The second-order valence-corrected chi connectivity index (χ2v) is 17.9. The maximum absolute atomic E-state index is 12.5. The SMILES string of the molecule is [C-]#[N+]c1cc(Cl)cc(C(C)(C)c2ccc(OCc3ccnc(N4CC5CN(C6CCN(CC7CCN(C(=O)OC(C)(C)C)CC7)CC6)CC5C4)n3)cc2)c1. The molecule has 2 aromatic carbocycles. The molecule has 0 spiro atoms. The molecule has 1 aromatic heterocycles. The first-order valence-electron chi connectivity index (χ1n) is 19.8. The van der Waals surface area contributed by atoms with Gasteiger partial charge in [0.15, 0.2) is 5.69 Å². The molecule has 3 aromatic rings. The maximum Gasteiger partial charge on any atom is 0.410 e. The van der Waals surface area contributed by atoms with Crippen molar-refractivity contribution in [1.29, 1.82) is 0 Å². The van der Waals surface area contributed by atoms with Crippen LogP contribution in [-0.2, 0) is 16.8 Å². The summed E-state index contributed by atoms with van der Waals surface area (Å²) in [6.45, 7) is 27.3. The fraction of sp³-hybridized carbons (Fsp3) is 0.581. The number of piperidine rings is 2. The maximum atomic E-state index is 12.5. The quantitative estimate of drug-likeness (QED) is 0.203. The molecule has 2 atom stereocenters. The number of halogens is 1. The monoisotopic (exact) mass is 753 g/mol. The average molecular weight is 754 g/mol. The second-order valence-electron chi connectivity index (χ2n) is 17.4. The Kier molecular flexibility index (Phi) is 11.4. The third-order valence-electron chi connectivity index (χ3n) is 12.1. The molecule has 7 rings (SSSR count). The lowest BCUT2D eigenvalue weighted by atomic mass is 9.78. The largest absolute Gasteiger partial charge is 0.487 e. The fourth-order valence-corrected chi connectivity index (χ4v) is 9.09. The zero-order chi connectivity index (χ0) is 38.0. The first-order chi connectivity index (χ1) is 25.8. The molecule has 4 aliphatic heterocycles. The number of likely N-dealkylation sites (tertiary alicyclic amines) is 3. The topological polar surface area (TPSA) is 78.6 Å². The van der Waals surface area contributed by atoms with Crippen LogP contribution in [0.2, 0.25) is 5.02 Å². The minimum absolute atomic E-state index is 0.167. The highest BCUT2D eigenvalue weighted by Crippen LogP contribution is 2.37. The van der Waals surface area contributed by atoms with Gasteiger partial charge in [-0.3, -0.25) is 4.90 Å². The highest BCUT2D eigenvalue weighted by atomic mass is 35.5. The summed E-state index contributed by atoms with van der Waals surface area (Å²) in [6, 6.07) is 16.3. The van der Waals surface area contributed by atoms with Gasteiger partial charge in [0.25, 0.3) is 0 Å². The number of nitrogens with zero attached hydrogens (tertiary/aromatic N) is 7. The van der Waals surface area contributed by atoms with E-state index in [9.17, 15) is 4.79 Å². The average Bonchev–Trinajstić information content (AvgIpc) is 3.74. The fourth-order valence-electron chi connectivity index (χ4n) is 8.86. The summed E-state index contributed by atoms with van der Waals surface area (Å²) in [6.07, 6.45) is 6.32. The number of hydrogen-bond acceptors (Lipinski definition) is 8. The number of fused-ring (bicyclic) bond motifs is 1. The normalized spacial score (nSPS) is 21.9. The molecular weight excluding hydrogens is 698 g/mol. The van der Waals surface area contributed by atoms with Crippen LogP contribution < -0.4 is 9.64 Å². The van der Waals surface area contributed by atoms with E-state index >= 15 is 0 Å². The summed E-state index contributed by atoms with van der Waals surface area (Å²) in [5.74, 6) is 3.56. The van der Waals surface area contributed by atoms with Gasteiger partial charge in [-0.05, 0) is 119 Å². The lowest BCUT2D eigenvalue weighted by molar-refractivity contribution is 0.0160. The Morgan fingerprint density at radius 3 is 2.22 bits per heavy atom. The van der Waals surface area contributed by atoms with E-state index in [4.69, 9.17) is 32.6 Å². The van der Waals surface area contributed by atoms with Crippen LogP contribution in [0.5, 0.6) is 5.75 Å².